The number of ether oxygens (including phenoxy) is 2. The number of nitrogens with one attached hydrogen (secondary N) is 1. The quantitative estimate of drug-likeness (QED) is 0.832. The van der Waals surface area contributed by atoms with Gasteiger partial charge in [-0.2, -0.15) is 0 Å². The van der Waals surface area contributed by atoms with Gasteiger partial charge in [0, 0.05) is 16.4 Å². The summed E-state index contributed by atoms with van der Waals surface area (Å²) in [5.41, 5.74) is 1.42. The van der Waals surface area contributed by atoms with E-state index in [4.69, 9.17) is 9.47 Å². The number of carbonyl (C=O) groups is 2. The molecule has 4 rings (SSSR count). The average molecular weight is 405 g/mol. The summed E-state index contributed by atoms with van der Waals surface area (Å²) in [5.74, 6) is 0.782. The number of nitrogens with zero attached hydrogens (tertiary/aromatic N) is 1. The van der Waals surface area contributed by atoms with Crippen molar-refractivity contribution in [2.75, 3.05) is 14.2 Å². The molecule has 28 heavy (non-hydrogen) atoms. The average Bonchev–Trinajstić information content (AvgIpc) is 3.11. The molecule has 2 amide bonds. The van der Waals surface area contributed by atoms with Gasteiger partial charge in [0.05, 0.1) is 19.8 Å². The summed E-state index contributed by atoms with van der Waals surface area (Å²) < 4.78 is 10.5. The number of hydrogen-bond donors (Lipinski definition) is 1. The molecule has 0 radical (unpaired) electrons. The second-order valence-corrected chi connectivity index (χ2v) is 10.0. The van der Waals surface area contributed by atoms with E-state index in [1.54, 1.807) is 30.9 Å². The molecule has 0 spiro atoms. The van der Waals surface area contributed by atoms with Gasteiger partial charge >= 0.3 is 0 Å². The lowest BCUT2D eigenvalue weighted by Crippen LogP contribution is -2.54. The number of carbonyl (C=O) groups excluding carboxylic acids is 2. The fourth-order valence-corrected chi connectivity index (χ4v) is 6.36. The Morgan fingerprint density at radius 3 is 2.54 bits per heavy atom. The lowest BCUT2D eigenvalue weighted by atomic mass is 9.94. The summed E-state index contributed by atoms with van der Waals surface area (Å²) in [4.78, 5) is 28.4. The van der Waals surface area contributed by atoms with E-state index in [2.05, 4.69) is 19.2 Å². The largest absolute Gasteiger partial charge is 0.493 e. The molecule has 6 nitrogen and oxygen atoms in total. The van der Waals surface area contributed by atoms with Gasteiger partial charge < -0.3 is 19.7 Å². The van der Waals surface area contributed by atoms with Crippen LogP contribution in [0.1, 0.15) is 67.2 Å². The van der Waals surface area contributed by atoms with E-state index in [0.717, 1.165) is 31.2 Å². The van der Waals surface area contributed by atoms with Gasteiger partial charge in [0.15, 0.2) is 11.5 Å². The highest BCUT2D eigenvalue weighted by Gasteiger charge is 2.58. The van der Waals surface area contributed by atoms with Crippen LogP contribution in [0, 0.1) is 0 Å². The van der Waals surface area contributed by atoms with Gasteiger partial charge in [-0.1, -0.05) is 25.3 Å². The van der Waals surface area contributed by atoms with Crippen molar-refractivity contribution in [3.63, 3.8) is 0 Å². The van der Waals surface area contributed by atoms with Crippen LogP contribution in [0.3, 0.4) is 0 Å². The minimum atomic E-state index is -0.514. The van der Waals surface area contributed by atoms with Crippen LogP contribution in [-0.4, -0.2) is 47.8 Å². The molecule has 2 heterocycles. The lowest BCUT2D eigenvalue weighted by molar-refractivity contribution is -0.127. The molecule has 1 aromatic carbocycles. The van der Waals surface area contributed by atoms with Crippen molar-refractivity contribution in [3.05, 3.63) is 23.3 Å². The van der Waals surface area contributed by atoms with E-state index in [0.29, 0.717) is 17.1 Å². The van der Waals surface area contributed by atoms with Crippen molar-refractivity contribution in [2.24, 2.45) is 0 Å². The first kappa shape index (κ1) is 19.4. The van der Waals surface area contributed by atoms with Crippen molar-refractivity contribution >= 4 is 23.6 Å². The molecule has 2 atom stereocenters. The first-order valence-electron chi connectivity index (χ1n) is 9.94. The Labute approximate surface area is 170 Å². The van der Waals surface area contributed by atoms with Gasteiger partial charge in [-0.25, -0.2) is 0 Å². The number of hydrogen-bond acceptors (Lipinski definition) is 5. The molecule has 3 aliphatic rings. The molecular weight excluding hydrogens is 376 g/mol. The standard InChI is InChI=1S/C21H28N2O4S/c1-21(2)17(18(24)22-12-8-6-5-7-9-12)23-19(25)15-13(20(23)28-21)10-11-14(26-3)16(15)27-4/h10-12,17,20H,5-9H2,1-4H3,(H,22,24). The number of rotatable bonds is 4. The van der Waals surface area contributed by atoms with Crippen LogP contribution in [0.25, 0.3) is 0 Å². The van der Waals surface area contributed by atoms with E-state index in [-0.39, 0.29) is 28.0 Å². The third kappa shape index (κ3) is 2.95. The van der Waals surface area contributed by atoms with Crippen molar-refractivity contribution in [2.45, 2.75) is 68.2 Å². The number of amides is 2. The Hall–Kier alpha value is -1.89. The number of fused-ring (bicyclic) bond motifs is 3. The van der Waals surface area contributed by atoms with E-state index in [1.807, 2.05) is 12.1 Å². The van der Waals surface area contributed by atoms with Crippen LogP contribution in [-0.2, 0) is 4.79 Å². The molecule has 2 unspecified atom stereocenters. The monoisotopic (exact) mass is 404 g/mol. The molecule has 1 saturated heterocycles. The van der Waals surface area contributed by atoms with Crippen LogP contribution < -0.4 is 14.8 Å². The topological polar surface area (TPSA) is 67.9 Å². The van der Waals surface area contributed by atoms with Gasteiger partial charge in [-0.05, 0) is 32.8 Å². The van der Waals surface area contributed by atoms with Gasteiger partial charge in [-0.3, -0.25) is 9.59 Å². The molecule has 0 aromatic heterocycles. The lowest BCUT2D eigenvalue weighted by Gasteiger charge is -2.32. The van der Waals surface area contributed by atoms with E-state index >= 15 is 0 Å². The Balaban J connectivity index is 1.67. The minimum absolute atomic E-state index is 0.0426. The Bertz CT molecular complexity index is 804. The molecule has 1 aromatic rings. The third-order valence-corrected chi connectivity index (χ3v) is 7.63. The zero-order chi connectivity index (χ0) is 20.1. The maximum Gasteiger partial charge on any atom is 0.260 e. The molecule has 0 bridgehead atoms. The van der Waals surface area contributed by atoms with Crippen LogP contribution in [0.5, 0.6) is 11.5 Å². The van der Waals surface area contributed by atoms with Crippen molar-refractivity contribution in [3.8, 4) is 11.5 Å². The van der Waals surface area contributed by atoms with Crippen molar-refractivity contribution in [1.29, 1.82) is 0 Å². The number of methoxy groups -OCH3 is 2. The molecular formula is C21H28N2O4S. The van der Waals surface area contributed by atoms with Gasteiger partial charge in [0.2, 0.25) is 5.91 Å². The molecule has 1 saturated carbocycles. The third-order valence-electron chi connectivity index (χ3n) is 6.10. The molecule has 7 heteroatoms. The van der Waals surface area contributed by atoms with Crippen molar-refractivity contribution < 1.29 is 19.1 Å². The maximum absolute atomic E-state index is 13.4. The fraction of sp³-hybridized carbons (Fsp3) is 0.619. The van der Waals surface area contributed by atoms with Gasteiger partial charge in [0.1, 0.15) is 11.4 Å². The predicted molar refractivity (Wildman–Crippen MR) is 109 cm³/mol. The summed E-state index contributed by atoms with van der Waals surface area (Å²) >= 11 is 1.66. The number of benzene rings is 1. The summed E-state index contributed by atoms with van der Waals surface area (Å²) in [6.45, 7) is 4.10. The smallest absolute Gasteiger partial charge is 0.260 e. The maximum atomic E-state index is 13.4. The van der Waals surface area contributed by atoms with Crippen LogP contribution in [0.2, 0.25) is 0 Å². The van der Waals surface area contributed by atoms with E-state index in [1.165, 1.54) is 6.42 Å². The van der Waals surface area contributed by atoms with Crippen LogP contribution in [0.4, 0.5) is 0 Å². The van der Waals surface area contributed by atoms with Gasteiger partial charge in [0.25, 0.3) is 5.91 Å². The fourth-order valence-electron chi connectivity index (χ4n) is 4.78. The second kappa shape index (κ2) is 7.17. The molecule has 2 fully saturated rings. The first-order valence-corrected chi connectivity index (χ1v) is 10.8. The molecule has 1 aliphatic carbocycles. The summed E-state index contributed by atoms with van der Waals surface area (Å²) in [7, 11) is 3.10. The number of thioether (sulfide) groups is 1. The van der Waals surface area contributed by atoms with E-state index < -0.39 is 6.04 Å². The highest BCUT2D eigenvalue weighted by Crippen LogP contribution is 2.58. The summed E-state index contributed by atoms with van der Waals surface area (Å²) in [6.07, 6.45) is 5.59. The first-order chi connectivity index (χ1) is 13.4. The Morgan fingerprint density at radius 2 is 1.89 bits per heavy atom. The minimum Gasteiger partial charge on any atom is -0.493 e. The molecule has 152 valence electrons. The van der Waals surface area contributed by atoms with Crippen LogP contribution >= 0.6 is 11.8 Å². The Morgan fingerprint density at radius 1 is 1.18 bits per heavy atom. The summed E-state index contributed by atoms with van der Waals surface area (Å²) in [5, 5.41) is 3.04. The van der Waals surface area contributed by atoms with E-state index in [9.17, 15) is 9.59 Å². The second-order valence-electron chi connectivity index (χ2n) is 8.30. The SMILES string of the molecule is COc1ccc2c(c1OC)C(=O)N1C2SC(C)(C)C1C(=O)NC1CCCCC1. The highest BCUT2D eigenvalue weighted by molar-refractivity contribution is 8.01. The predicted octanol–water partition coefficient (Wildman–Crippen LogP) is 3.50. The molecule has 2 aliphatic heterocycles. The zero-order valence-corrected chi connectivity index (χ0v) is 17.7. The molecule has 1 N–H and O–H groups in total. The highest BCUT2D eigenvalue weighted by atomic mass is 32.2. The summed E-state index contributed by atoms with van der Waals surface area (Å²) in [6, 6.07) is 3.46. The Kier molecular flexibility index (Phi) is 4.98. The van der Waals surface area contributed by atoms with Crippen LogP contribution in [0.15, 0.2) is 12.1 Å². The normalized spacial score (nSPS) is 26.0. The van der Waals surface area contributed by atoms with Gasteiger partial charge in [-0.15, -0.1) is 11.8 Å². The zero-order valence-electron chi connectivity index (χ0n) is 16.9. The van der Waals surface area contributed by atoms with Crippen molar-refractivity contribution in [1.82, 2.24) is 10.2 Å².